The Morgan fingerprint density at radius 3 is 2.30 bits per heavy atom. The van der Waals surface area contributed by atoms with Gasteiger partial charge in [0.05, 0.1) is 0 Å². The zero-order chi connectivity index (χ0) is 16.4. The first-order valence-corrected chi connectivity index (χ1v) is 6.91. The molecular weight excluding hydrogens is 297 g/mol. The van der Waals surface area contributed by atoms with Gasteiger partial charge >= 0.3 is 6.03 Å². The van der Waals surface area contributed by atoms with E-state index in [0.717, 1.165) is 5.56 Å². The maximum absolute atomic E-state index is 13.2. The summed E-state index contributed by atoms with van der Waals surface area (Å²) >= 11 is 0. The lowest BCUT2D eigenvalue weighted by Gasteiger charge is -2.12. The second-order valence-electron chi connectivity index (χ2n) is 5.12. The number of amides is 1. The molecule has 0 radical (unpaired) electrons. The van der Waals surface area contributed by atoms with E-state index in [2.05, 4.69) is 15.3 Å². The van der Waals surface area contributed by atoms with Crippen molar-refractivity contribution in [2.24, 2.45) is 0 Å². The zero-order valence-electron chi connectivity index (χ0n) is 12.6. The lowest BCUT2D eigenvalue weighted by molar-refractivity contribution is 0.215. The van der Waals surface area contributed by atoms with E-state index < -0.39 is 0 Å². The van der Waals surface area contributed by atoms with E-state index >= 15 is 0 Å². The van der Waals surface area contributed by atoms with Gasteiger partial charge in [-0.3, -0.25) is 4.98 Å². The van der Waals surface area contributed by atoms with Gasteiger partial charge in [0.25, 0.3) is 0 Å². The SMILES string of the molecule is CN(C)C(=O)n1nnc(-c2ccc(F)cc2)c1-c1ccncc1. The molecule has 1 aromatic carbocycles. The van der Waals surface area contributed by atoms with Gasteiger partial charge in [0.1, 0.15) is 17.2 Å². The van der Waals surface area contributed by atoms with Crippen molar-refractivity contribution in [1.29, 1.82) is 0 Å². The Hall–Kier alpha value is -3.09. The van der Waals surface area contributed by atoms with Crippen LogP contribution in [-0.2, 0) is 0 Å². The molecule has 0 saturated heterocycles. The maximum atomic E-state index is 13.2. The van der Waals surface area contributed by atoms with Gasteiger partial charge in [-0.15, -0.1) is 5.10 Å². The quantitative estimate of drug-likeness (QED) is 0.730. The van der Waals surface area contributed by atoms with Gasteiger partial charge < -0.3 is 4.90 Å². The third-order valence-electron chi connectivity index (χ3n) is 3.31. The Morgan fingerprint density at radius 2 is 1.70 bits per heavy atom. The van der Waals surface area contributed by atoms with Crippen molar-refractivity contribution in [1.82, 2.24) is 24.9 Å². The maximum Gasteiger partial charge on any atom is 0.346 e. The van der Waals surface area contributed by atoms with E-state index in [-0.39, 0.29) is 11.8 Å². The molecule has 6 nitrogen and oxygen atoms in total. The lowest BCUT2D eigenvalue weighted by Crippen LogP contribution is -2.28. The van der Waals surface area contributed by atoms with Crippen LogP contribution in [0.3, 0.4) is 0 Å². The first-order chi connectivity index (χ1) is 11.1. The summed E-state index contributed by atoms with van der Waals surface area (Å²) in [4.78, 5) is 17.7. The predicted octanol–water partition coefficient (Wildman–Crippen LogP) is 2.68. The number of aromatic nitrogens is 4. The van der Waals surface area contributed by atoms with Crippen molar-refractivity contribution in [2.75, 3.05) is 14.1 Å². The standard InChI is InChI=1S/C16H14FN5O/c1-21(2)16(23)22-15(12-7-9-18-10-8-12)14(19-20-22)11-3-5-13(17)6-4-11/h3-10H,1-2H3. The first-order valence-electron chi connectivity index (χ1n) is 6.91. The van der Waals surface area contributed by atoms with Crippen LogP contribution in [0.15, 0.2) is 48.8 Å². The second-order valence-corrected chi connectivity index (χ2v) is 5.12. The minimum atomic E-state index is -0.337. The zero-order valence-corrected chi connectivity index (χ0v) is 12.6. The highest BCUT2D eigenvalue weighted by Crippen LogP contribution is 2.30. The van der Waals surface area contributed by atoms with Crippen LogP contribution in [0.2, 0.25) is 0 Å². The van der Waals surface area contributed by atoms with Crippen LogP contribution in [0.1, 0.15) is 0 Å². The Morgan fingerprint density at radius 1 is 1.04 bits per heavy atom. The molecular formula is C16H14FN5O. The Kier molecular flexibility index (Phi) is 3.84. The molecule has 2 heterocycles. The number of hydrogen-bond acceptors (Lipinski definition) is 4. The highest BCUT2D eigenvalue weighted by Gasteiger charge is 2.21. The number of carbonyl (C=O) groups is 1. The van der Waals surface area contributed by atoms with Crippen molar-refractivity contribution in [3.8, 4) is 22.5 Å². The molecule has 0 N–H and O–H groups in total. The molecule has 0 fully saturated rings. The van der Waals surface area contributed by atoms with Crippen molar-refractivity contribution >= 4 is 6.03 Å². The first kappa shape index (κ1) is 14.8. The van der Waals surface area contributed by atoms with Crippen molar-refractivity contribution < 1.29 is 9.18 Å². The second kappa shape index (κ2) is 5.96. The number of pyridine rings is 1. The number of rotatable bonds is 2. The summed E-state index contributed by atoms with van der Waals surface area (Å²) in [5.41, 5.74) is 2.47. The van der Waals surface area contributed by atoms with E-state index in [1.165, 1.54) is 21.7 Å². The van der Waals surface area contributed by atoms with E-state index in [0.29, 0.717) is 17.0 Å². The third kappa shape index (κ3) is 2.80. The van der Waals surface area contributed by atoms with E-state index in [1.807, 2.05) is 0 Å². The highest BCUT2D eigenvalue weighted by atomic mass is 19.1. The molecule has 2 aromatic heterocycles. The van der Waals surface area contributed by atoms with Gasteiger partial charge in [-0.2, -0.15) is 4.68 Å². The van der Waals surface area contributed by atoms with Crippen molar-refractivity contribution in [3.05, 3.63) is 54.6 Å². The lowest BCUT2D eigenvalue weighted by atomic mass is 10.1. The molecule has 0 bridgehead atoms. The number of halogens is 1. The normalized spacial score (nSPS) is 10.6. The van der Waals surface area contributed by atoms with Crippen LogP contribution >= 0.6 is 0 Å². The summed E-state index contributed by atoms with van der Waals surface area (Å²) in [5, 5.41) is 8.09. The van der Waals surface area contributed by atoms with Crippen LogP contribution in [0.5, 0.6) is 0 Å². The smallest absolute Gasteiger partial charge is 0.329 e. The van der Waals surface area contributed by atoms with Gasteiger partial charge in [0.15, 0.2) is 0 Å². The fourth-order valence-corrected chi connectivity index (χ4v) is 2.18. The molecule has 0 atom stereocenters. The van der Waals surface area contributed by atoms with Gasteiger partial charge in [-0.05, 0) is 36.4 Å². The minimum Gasteiger partial charge on any atom is -0.329 e. The summed E-state index contributed by atoms with van der Waals surface area (Å²) in [5.74, 6) is -0.337. The van der Waals surface area contributed by atoms with Crippen LogP contribution in [0, 0.1) is 5.82 Å². The average Bonchev–Trinajstić information content (AvgIpc) is 3.00. The van der Waals surface area contributed by atoms with E-state index in [4.69, 9.17) is 0 Å². The number of carbonyl (C=O) groups excluding carboxylic acids is 1. The Balaban J connectivity index is 2.21. The predicted molar refractivity (Wildman–Crippen MR) is 83.1 cm³/mol. The van der Waals surface area contributed by atoms with Crippen LogP contribution in [0.25, 0.3) is 22.5 Å². The van der Waals surface area contributed by atoms with Gasteiger partial charge in [-0.25, -0.2) is 9.18 Å². The highest BCUT2D eigenvalue weighted by molar-refractivity contribution is 5.87. The summed E-state index contributed by atoms with van der Waals surface area (Å²) in [6.45, 7) is 0. The molecule has 3 aromatic rings. The van der Waals surface area contributed by atoms with Crippen LogP contribution in [0.4, 0.5) is 9.18 Å². The molecule has 0 aliphatic heterocycles. The van der Waals surface area contributed by atoms with Crippen molar-refractivity contribution in [3.63, 3.8) is 0 Å². The number of hydrogen-bond donors (Lipinski definition) is 0. The molecule has 0 spiro atoms. The number of nitrogens with zero attached hydrogens (tertiary/aromatic N) is 5. The molecule has 116 valence electrons. The van der Waals surface area contributed by atoms with Gasteiger partial charge in [-0.1, -0.05) is 5.21 Å². The topological polar surface area (TPSA) is 63.9 Å². The molecule has 0 saturated carbocycles. The Bertz CT molecular complexity index is 827. The molecule has 7 heteroatoms. The molecule has 0 unspecified atom stereocenters. The monoisotopic (exact) mass is 311 g/mol. The van der Waals surface area contributed by atoms with E-state index in [1.54, 1.807) is 50.8 Å². The summed E-state index contributed by atoms with van der Waals surface area (Å²) in [7, 11) is 3.27. The fraction of sp³-hybridized carbons (Fsp3) is 0.125. The summed E-state index contributed by atoms with van der Waals surface area (Å²) in [6.07, 6.45) is 3.25. The molecule has 0 aliphatic carbocycles. The minimum absolute atomic E-state index is 0.322. The largest absolute Gasteiger partial charge is 0.346 e. The molecule has 1 amide bonds. The molecule has 0 aliphatic rings. The van der Waals surface area contributed by atoms with Crippen molar-refractivity contribution in [2.45, 2.75) is 0 Å². The fourth-order valence-electron chi connectivity index (χ4n) is 2.18. The summed E-state index contributed by atoms with van der Waals surface area (Å²) < 4.78 is 14.4. The number of benzene rings is 1. The molecule has 23 heavy (non-hydrogen) atoms. The third-order valence-corrected chi connectivity index (χ3v) is 3.31. The van der Waals surface area contributed by atoms with E-state index in [9.17, 15) is 9.18 Å². The van der Waals surface area contributed by atoms with Crippen LogP contribution in [-0.4, -0.2) is 45.0 Å². The molecule has 3 rings (SSSR count). The van der Waals surface area contributed by atoms with Gasteiger partial charge in [0.2, 0.25) is 0 Å². The Labute approximate surface area is 132 Å². The van der Waals surface area contributed by atoms with Gasteiger partial charge in [0, 0.05) is 37.6 Å². The average molecular weight is 311 g/mol. The summed E-state index contributed by atoms with van der Waals surface area (Å²) in [6, 6.07) is 9.12. The van der Waals surface area contributed by atoms with Crippen LogP contribution < -0.4 is 0 Å².